The van der Waals surface area contributed by atoms with Crippen LogP contribution in [0.15, 0.2) is 18.2 Å². The van der Waals surface area contributed by atoms with Crippen LogP contribution in [-0.2, 0) is 0 Å². The van der Waals surface area contributed by atoms with Crippen molar-refractivity contribution in [3.05, 3.63) is 24.0 Å². The first-order valence-corrected chi connectivity index (χ1v) is 7.35. The zero-order valence-electron chi connectivity index (χ0n) is 12.6. The molecular formula is C15H19F3N2O3. The van der Waals surface area contributed by atoms with E-state index in [4.69, 9.17) is 0 Å². The van der Waals surface area contributed by atoms with Crippen LogP contribution in [0.2, 0.25) is 0 Å². The third-order valence-electron chi connectivity index (χ3n) is 3.96. The van der Waals surface area contributed by atoms with Crippen molar-refractivity contribution < 1.29 is 27.8 Å². The number of piperidine rings is 1. The van der Waals surface area contributed by atoms with Gasteiger partial charge in [0, 0.05) is 18.3 Å². The van der Waals surface area contributed by atoms with Gasteiger partial charge in [-0.25, -0.2) is 9.18 Å². The number of carbonyl (C=O) groups excluding carboxylic acids is 1. The molecule has 1 aliphatic rings. The van der Waals surface area contributed by atoms with Crippen LogP contribution >= 0.6 is 0 Å². The molecular weight excluding hydrogens is 313 g/mol. The maximum absolute atomic E-state index is 13.6. The first-order chi connectivity index (χ1) is 10.9. The van der Waals surface area contributed by atoms with Crippen LogP contribution in [0.4, 0.5) is 23.7 Å². The van der Waals surface area contributed by atoms with Gasteiger partial charge in [0.15, 0.2) is 11.6 Å². The first-order valence-electron chi connectivity index (χ1n) is 7.35. The third kappa shape index (κ3) is 4.28. The molecule has 8 heteroatoms. The minimum atomic E-state index is -3.12. The average Bonchev–Trinajstić information content (AvgIpc) is 2.49. The van der Waals surface area contributed by atoms with Crippen LogP contribution in [0, 0.1) is 11.7 Å². The Balaban J connectivity index is 2.06. The molecule has 2 rings (SSSR count). The lowest BCUT2D eigenvalue weighted by Gasteiger charge is -2.38. The number of ether oxygens (including phenoxy) is 1. The van der Waals surface area contributed by atoms with Crippen molar-refractivity contribution in [2.45, 2.75) is 32.4 Å². The van der Waals surface area contributed by atoms with Crippen molar-refractivity contribution in [1.82, 2.24) is 4.90 Å². The number of alkyl halides is 2. The number of amides is 2. The highest BCUT2D eigenvalue weighted by molar-refractivity contribution is 5.89. The maximum Gasteiger partial charge on any atom is 0.387 e. The molecule has 5 nitrogen and oxygen atoms in total. The number of nitrogens with zero attached hydrogens (tertiary/aromatic N) is 1. The van der Waals surface area contributed by atoms with Gasteiger partial charge in [0.25, 0.3) is 0 Å². The summed E-state index contributed by atoms with van der Waals surface area (Å²) in [6, 6.07) is 2.46. The summed E-state index contributed by atoms with van der Waals surface area (Å²) < 4.78 is 41.8. The van der Waals surface area contributed by atoms with E-state index in [-0.39, 0.29) is 24.3 Å². The van der Waals surface area contributed by atoms with Crippen LogP contribution in [0.1, 0.15) is 19.8 Å². The molecule has 1 saturated heterocycles. The third-order valence-corrected chi connectivity index (χ3v) is 3.96. The van der Waals surface area contributed by atoms with Crippen molar-refractivity contribution in [1.29, 1.82) is 0 Å². The van der Waals surface area contributed by atoms with Gasteiger partial charge in [-0.2, -0.15) is 8.78 Å². The Labute approximate surface area is 132 Å². The molecule has 1 aliphatic heterocycles. The summed E-state index contributed by atoms with van der Waals surface area (Å²) in [6.45, 7) is -0.818. The number of hydrogen-bond donors (Lipinski definition) is 2. The van der Waals surface area contributed by atoms with Crippen molar-refractivity contribution in [2.24, 2.45) is 5.92 Å². The average molecular weight is 332 g/mol. The lowest BCUT2D eigenvalue weighted by molar-refractivity contribution is -0.0521. The second-order valence-electron chi connectivity index (χ2n) is 5.52. The number of hydrogen-bond acceptors (Lipinski definition) is 3. The fraction of sp³-hybridized carbons (Fsp3) is 0.533. The van der Waals surface area contributed by atoms with Crippen molar-refractivity contribution in [3.8, 4) is 5.75 Å². The van der Waals surface area contributed by atoms with E-state index in [1.165, 1.54) is 11.0 Å². The molecule has 1 aromatic rings. The van der Waals surface area contributed by atoms with Crippen molar-refractivity contribution in [2.75, 3.05) is 18.5 Å². The zero-order valence-corrected chi connectivity index (χ0v) is 12.6. The number of urea groups is 1. The molecule has 0 radical (unpaired) electrons. The summed E-state index contributed by atoms with van der Waals surface area (Å²) >= 11 is 0. The lowest BCUT2D eigenvalue weighted by atomic mass is 9.91. The molecule has 0 aliphatic carbocycles. The van der Waals surface area contributed by atoms with E-state index in [0.29, 0.717) is 6.54 Å². The van der Waals surface area contributed by atoms with Crippen LogP contribution < -0.4 is 10.1 Å². The molecule has 0 bridgehead atoms. The fourth-order valence-electron chi connectivity index (χ4n) is 2.75. The zero-order chi connectivity index (χ0) is 17.0. The van der Waals surface area contributed by atoms with Gasteiger partial charge in [0.1, 0.15) is 0 Å². The summed E-state index contributed by atoms with van der Waals surface area (Å²) in [5.41, 5.74) is 0.129. The quantitative estimate of drug-likeness (QED) is 0.891. The molecule has 1 aromatic carbocycles. The fourth-order valence-corrected chi connectivity index (χ4v) is 2.75. The van der Waals surface area contributed by atoms with E-state index < -0.39 is 24.2 Å². The summed E-state index contributed by atoms with van der Waals surface area (Å²) in [6.07, 6.45) is 1.74. The van der Waals surface area contributed by atoms with E-state index >= 15 is 0 Å². The molecule has 0 aromatic heterocycles. The molecule has 2 atom stereocenters. The highest BCUT2D eigenvalue weighted by Gasteiger charge is 2.31. The standard InChI is InChI=1S/C15H19F3N2O3/c1-9-3-2-6-20(12(9)8-21)15(22)19-10-4-5-13(11(16)7-10)23-14(17)18/h4-5,7,9,12,14,21H,2-3,6,8H2,1H3,(H,19,22). The second-order valence-corrected chi connectivity index (χ2v) is 5.52. The highest BCUT2D eigenvalue weighted by atomic mass is 19.3. The molecule has 23 heavy (non-hydrogen) atoms. The van der Waals surface area contributed by atoms with E-state index in [1.54, 1.807) is 0 Å². The van der Waals surface area contributed by atoms with Crippen molar-refractivity contribution in [3.63, 3.8) is 0 Å². The van der Waals surface area contributed by atoms with Gasteiger partial charge >= 0.3 is 12.6 Å². The van der Waals surface area contributed by atoms with E-state index in [0.717, 1.165) is 25.0 Å². The summed E-state index contributed by atoms with van der Waals surface area (Å²) in [5, 5.41) is 12.0. The molecule has 128 valence electrons. The number of anilines is 1. The Morgan fingerprint density at radius 3 is 2.87 bits per heavy atom. The smallest absolute Gasteiger partial charge is 0.387 e. The Hall–Kier alpha value is -1.96. The Bertz CT molecular complexity index is 557. The Morgan fingerprint density at radius 2 is 2.26 bits per heavy atom. The monoisotopic (exact) mass is 332 g/mol. The molecule has 1 fully saturated rings. The van der Waals surface area contributed by atoms with Gasteiger partial charge in [-0.3, -0.25) is 0 Å². The number of aliphatic hydroxyl groups is 1. The maximum atomic E-state index is 13.6. The largest absolute Gasteiger partial charge is 0.432 e. The molecule has 2 unspecified atom stereocenters. The molecule has 0 saturated carbocycles. The van der Waals surface area contributed by atoms with Gasteiger partial charge in [-0.15, -0.1) is 0 Å². The number of benzene rings is 1. The van der Waals surface area contributed by atoms with Gasteiger partial charge in [0.2, 0.25) is 0 Å². The van der Waals surface area contributed by atoms with Crippen LogP contribution in [0.5, 0.6) is 5.75 Å². The summed E-state index contributed by atoms with van der Waals surface area (Å²) in [5.74, 6) is -1.41. The predicted molar refractivity (Wildman–Crippen MR) is 78.0 cm³/mol. The Kier molecular flexibility index (Phi) is 5.70. The van der Waals surface area contributed by atoms with Gasteiger partial charge in [0.05, 0.1) is 12.6 Å². The SMILES string of the molecule is CC1CCCN(C(=O)Nc2ccc(OC(F)F)c(F)c2)C1CO. The summed E-state index contributed by atoms with van der Waals surface area (Å²) in [7, 11) is 0. The van der Waals surface area contributed by atoms with Gasteiger partial charge in [-0.1, -0.05) is 6.92 Å². The van der Waals surface area contributed by atoms with E-state index in [2.05, 4.69) is 10.1 Å². The van der Waals surface area contributed by atoms with Crippen LogP contribution in [0.3, 0.4) is 0 Å². The van der Waals surface area contributed by atoms with Gasteiger partial charge < -0.3 is 20.1 Å². The van der Waals surface area contributed by atoms with E-state index in [1.807, 2.05) is 6.92 Å². The second kappa shape index (κ2) is 7.54. The molecule has 0 spiro atoms. The first kappa shape index (κ1) is 17.4. The number of rotatable bonds is 4. The minimum absolute atomic E-state index is 0.129. The minimum Gasteiger partial charge on any atom is -0.432 e. The van der Waals surface area contributed by atoms with Crippen LogP contribution in [0.25, 0.3) is 0 Å². The van der Waals surface area contributed by atoms with E-state index in [9.17, 15) is 23.1 Å². The molecule has 2 amide bonds. The predicted octanol–water partition coefficient (Wildman–Crippen LogP) is 3.05. The molecule has 1 heterocycles. The Morgan fingerprint density at radius 1 is 1.52 bits per heavy atom. The molecule has 2 N–H and O–H groups in total. The lowest BCUT2D eigenvalue weighted by Crippen LogP contribution is -2.51. The topological polar surface area (TPSA) is 61.8 Å². The number of nitrogens with one attached hydrogen (secondary N) is 1. The number of carbonyl (C=O) groups is 1. The number of halogens is 3. The number of aliphatic hydroxyl groups excluding tert-OH is 1. The number of likely N-dealkylation sites (tertiary alicyclic amines) is 1. The van der Waals surface area contributed by atoms with Gasteiger partial charge in [-0.05, 0) is 30.9 Å². The highest BCUT2D eigenvalue weighted by Crippen LogP contribution is 2.26. The normalized spacial score (nSPS) is 21.4. The summed E-state index contributed by atoms with van der Waals surface area (Å²) in [4.78, 5) is 13.8. The van der Waals surface area contributed by atoms with Crippen LogP contribution in [-0.4, -0.2) is 41.8 Å². The van der Waals surface area contributed by atoms with Crippen molar-refractivity contribution >= 4 is 11.7 Å².